The molecule has 1 atom stereocenters. The summed E-state index contributed by atoms with van der Waals surface area (Å²) >= 11 is 0. The van der Waals surface area contributed by atoms with Gasteiger partial charge >= 0.3 is 0 Å². The van der Waals surface area contributed by atoms with Crippen molar-refractivity contribution < 1.29 is 10.2 Å². The molecule has 0 aliphatic carbocycles. The molecule has 0 spiro atoms. The quantitative estimate of drug-likeness (QED) is 0.717. The van der Waals surface area contributed by atoms with Crippen LogP contribution < -0.4 is 10.2 Å². The number of piperazine rings is 1. The Balaban J connectivity index is 1.47. The number of aliphatic hydroxyl groups is 2. The van der Waals surface area contributed by atoms with Crippen molar-refractivity contribution in [2.45, 2.75) is 12.6 Å². The maximum absolute atomic E-state index is 9.38. The molecule has 3 rings (SSSR count). The molecule has 1 heterocycles. The Morgan fingerprint density at radius 2 is 1.60 bits per heavy atom. The van der Waals surface area contributed by atoms with Gasteiger partial charge in [-0.15, -0.1) is 0 Å². The molecule has 5 nitrogen and oxygen atoms in total. The average Bonchev–Trinajstić information content (AvgIpc) is 2.68. The topological polar surface area (TPSA) is 59.0 Å². The van der Waals surface area contributed by atoms with Crippen molar-refractivity contribution in [2.75, 3.05) is 49.5 Å². The van der Waals surface area contributed by atoms with Crippen LogP contribution in [0, 0.1) is 0 Å². The summed E-state index contributed by atoms with van der Waals surface area (Å²) in [4.78, 5) is 4.91. The van der Waals surface area contributed by atoms with E-state index in [2.05, 4.69) is 57.6 Å². The van der Waals surface area contributed by atoms with E-state index in [1.165, 1.54) is 11.3 Å². The van der Waals surface area contributed by atoms with Crippen LogP contribution in [0.3, 0.4) is 0 Å². The molecule has 1 unspecified atom stereocenters. The summed E-state index contributed by atoms with van der Waals surface area (Å²) in [5.74, 6) is 0. The molecular formula is C20H27N3O2. The van der Waals surface area contributed by atoms with E-state index in [0.717, 1.165) is 38.4 Å². The third-order valence-electron chi connectivity index (χ3n) is 4.61. The molecule has 3 N–H and O–H groups in total. The zero-order chi connectivity index (χ0) is 17.5. The van der Waals surface area contributed by atoms with E-state index in [-0.39, 0.29) is 6.61 Å². The molecule has 0 bridgehead atoms. The molecule has 1 aliphatic rings. The molecule has 2 aromatic carbocycles. The van der Waals surface area contributed by atoms with Gasteiger partial charge < -0.3 is 20.4 Å². The van der Waals surface area contributed by atoms with Crippen LogP contribution in [0.5, 0.6) is 0 Å². The summed E-state index contributed by atoms with van der Waals surface area (Å²) in [6, 6.07) is 18.9. The zero-order valence-electron chi connectivity index (χ0n) is 14.5. The van der Waals surface area contributed by atoms with Gasteiger partial charge in [0.05, 0.1) is 12.7 Å². The van der Waals surface area contributed by atoms with Crippen molar-refractivity contribution in [1.29, 1.82) is 0 Å². The standard InChI is InChI=1S/C20H27N3O2/c24-16-20(25)14-21-18-6-8-19(9-7-18)23-12-10-22(11-13-23)15-17-4-2-1-3-5-17/h1-9,20-21,24-25H,10-16H2. The molecular weight excluding hydrogens is 314 g/mol. The minimum Gasteiger partial charge on any atom is -0.394 e. The van der Waals surface area contributed by atoms with Crippen LogP contribution in [-0.2, 0) is 6.54 Å². The zero-order valence-corrected chi connectivity index (χ0v) is 14.5. The van der Waals surface area contributed by atoms with Gasteiger partial charge in [0.25, 0.3) is 0 Å². The van der Waals surface area contributed by atoms with Gasteiger partial charge in [0.15, 0.2) is 0 Å². The number of nitrogens with one attached hydrogen (secondary N) is 1. The fraction of sp³-hybridized carbons (Fsp3) is 0.400. The molecule has 0 radical (unpaired) electrons. The number of anilines is 2. The fourth-order valence-corrected chi connectivity index (χ4v) is 3.10. The first-order valence-corrected chi connectivity index (χ1v) is 8.88. The molecule has 1 saturated heterocycles. The molecule has 25 heavy (non-hydrogen) atoms. The highest BCUT2D eigenvalue weighted by Crippen LogP contribution is 2.20. The number of benzene rings is 2. The van der Waals surface area contributed by atoms with Gasteiger partial charge in [-0.2, -0.15) is 0 Å². The summed E-state index contributed by atoms with van der Waals surface area (Å²) in [5, 5.41) is 21.3. The van der Waals surface area contributed by atoms with E-state index < -0.39 is 6.10 Å². The maximum atomic E-state index is 9.38. The van der Waals surface area contributed by atoms with Crippen molar-refractivity contribution >= 4 is 11.4 Å². The predicted molar refractivity (Wildman–Crippen MR) is 102 cm³/mol. The SMILES string of the molecule is OCC(O)CNc1ccc(N2CCN(Cc3ccccc3)CC2)cc1. The second kappa shape index (κ2) is 8.85. The predicted octanol–water partition coefficient (Wildman–Crippen LogP) is 1.77. The Labute approximate surface area is 149 Å². The van der Waals surface area contributed by atoms with E-state index >= 15 is 0 Å². The number of aliphatic hydroxyl groups excluding tert-OH is 2. The second-order valence-electron chi connectivity index (χ2n) is 6.51. The lowest BCUT2D eigenvalue weighted by Crippen LogP contribution is -2.45. The van der Waals surface area contributed by atoms with E-state index in [1.807, 2.05) is 12.1 Å². The van der Waals surface area contributed by atoms with Crippen molar-refractivity contribution in [2.24, 2.45) is 0 Å². The molecule has 2 aromatic rings. The lowest BCUT2D eigenvalue weighted by Gasteiger charge is -2.36. The van der Waals surface area contributed by atoms with Crippen molar-refractivity contribution in [3.8, 4) is 0 Å². The lowest BCUT2D eigenvalue weighted by atomic mass is 10.2. The molecule has 134 valence electrons. The third kappa shape index (κ3) is 5.19. The summed E-state index contributed by atoms with van der Waals surface area (Å²) in [7, 11) is 0. The number of nitrogens with zero attached hydrogens (tertiary/aromatic N) is 2. The summed E-state index contributed by atoms with van der Waals surface area (Å²) < 4.78 is 0. The summed E-state index contributed by atoms with van der Waals surface area (Å²) in [5.41, 5.74) is 3.56. The third-order valence-corrected chi connectivity index (χ3v) is 4.61. The second-order valence-corrected chi connectivity index (χ2v) is 6.51. The van der Waals surface area contributed by atoms with E-state index in [4.69, 9.17) is 5.11 Å². The van der Waals surface area contributed by atoms with Crippen molar-refractivity contribution in [1.82, 2.24) is 4.90 Å². The van der Waals surface area contributed by atoms with E-state index in [9.17, 15) is 5.11 Å². The fourth-order valence-electron chi connectivity index (χ4n) is 3.10. The van der Waals surface area contributed by atoms with Gasteiger partial charge in [0.2, 0.25) is 0 Å². The first-order chi connectivity index (χ1) is 12.2. The molecule has 0 aromatic heterocycles. The highest BCUT2D eigenvalue weighted by molar-refractivity contribution is 5.55. The Morgan fingerprint density at radius 3 is 2.24 bits per heavy atom. The first kappa shape index (κ1) is 17.7. The minimum absolute atomic E-state index is 0.224. The van der Waals surface area contributed by atoms with Gasteiger partial charge in [0.1, 0.15) is 0 Å². The van der Waals surface area contributed by atoms with Gasteiger partial charge in [-0.1, -0.05) is 30.3 Å². The van der Waals surface area contributed by atoms with Crippen LogP contribution in [0.25, 0.3) is 0 Å². The number of hydrogen-bond acceptors (Lipinski definition) is 5. The van der Waals surface area contributed by atoms with Crippen molar-refractivity contribution in [3.63, 3.8) is 0 Å². The summed E-state index contributed by atoms with van der Waals surface area (Å²) in [6.07, 6.45) is -0.725. The van der Waals surface area contributed by atoms with E-state index in [0.29, 0.717) is 6.54 Å². The smallest absolute Gasteiger partial charge is 0.0942 e. The first-order valence-electron chi connectivity index (χ1n) is 8.88. The average molecular weight is 341 g/mol. The molecule has 0 amide bonds. The van der Waals surface area contributed by atoms with Crippen molar-refractivity contribution in [3.05, 3.63) is 60.2 Å². The van der Waals surface area contributed by atoms with Crippen LogP contribution in [0.1, 0.15) is 5.56 Å². The normalized spacial score (nSPS) is 16.6. The Hall–Kier alpha value is -2.08. The highest BCUT2D eigenvalue weighted by Gasteiger charge is 2.17. The molecule has 1 aliphatic heterocycles. The van der Waals surface area contributed by atoms with Gasteiger partial charge in [-0.3, -0.25) is 4.90 Å². The Morgan fingerprint density at radius 1 is 0.920 bits per heavy atom. The van der Waals surface area contributed by atoms with Crippen LogP contribution in [0.2, 0.25) is 0 Å². The Kier molecular flexibility index (Phi) is 6.28. The van der Waals surface area contributed by atoms with Crippen LogP contribution >= 0.6 is 0 Å². The van der Waals surface area contributed by atoms with Crippen LogP contribution in [0.4, 0.5) is 11.4 Å². The number of rotatable bonds is 7. The maximum Gasteiger partial charge on any atom is 0.0942 e. The monoisotopic (exact) mass is 341 g/mol. The number of hydrogen-bond donors (Lipinski definition) is 3. The molecule has 5 heteroatoms. The Bertz CT molecular complexity index is 625. The summed E-state index contributed by atoms with van der Waals surface area (Å²) in [6.45, 7) is 5.35. The molecule has 0 saturated carbocycles. The minimum atomic E-state index is -0.725. The molecule has 1 fully saturated rings. The highest BCUT2D eigenvalue weighted by atomic mass is 16.3. The van der Waals surface area contributed by atoms with Crippen LogP contribution in [-0.4, -0.2) is 60.5 Å². The lowest BCUT2D eigenvalue weighted by molar-refractivity contribution is 0.105. The van der Waals surface area contributed by atoms with E-state index in [1.54, 1.807) is 0 Å². The van der Waals surface area contributed by atoms with Gasteiger partial charge in [0, 0.05) is 50.6 Å². The van der Waals surface area contributed by atoms with Gasteiger partial charge in [-0.05, 0) is 29.8 Å². The van der Waals surface area contributed by atoms with Crippen LogP contribution in [0.15, 0.2) is 54.6 Å². The largest absolute Gasteiger partial charge is 0.394 e. The van der Waals surface area contributed by atoms with Gasteiger partial charge in [-0.25, -0.2) is 0 Å².